The van der Waals surface area contributed by atoms with Crippen LogP contribution in [0.15, 0.2) is 29.3 Å². The summed E-state index contributed by atoms with van der Waals surface area (Å²) in [6.45, 7) is 2.14. The van der Waals surface area contributed by atoms with Gasteiger partial charge in [-0.2, -0.15) is 0 Å². The molecule has 1 amide bonds. The van der Waals surface area contributed by atoms with Crippen LogP contribution in [-0.4, -0.2) is 40.4 Å². The standard InChI is InChI=1S/C20H28FN3OS/c1-14-18(13-19(25)23-17-12-8-7-11-16(17)21)24(2)20(26-14)22-15-9-5-3-4-6-10-15/h7-8,11-12,14-15,18H,3-6,9-10,13H2,1-2H3,(H,23,25). The highest BCUT2D eigenvalue weighted by Crippen LogP contribution is 2.33. The molecular weight excluding hydrogens is 349 g/mol. The van der Waals surface area contributed by atoms with E-state index in [1.54, 1.807) is 30.0 Å². The molecule has 1 aliphatic carbocycles. The molecule has 26 heavy (non-hydrogen) atoms. The topological polar surface area (TPSA) is 44.7 Å². The third-order valence-electron chi connectivity index (χ3n) is 5.29. The van der Waals surface area contributed by atoms with Crippen LogP contribution in [-0.2, 0) is 4.79 Å². The number of halogens is 1. The Balaban J connectivity index is 1.61. The summed E-state index contributed by atoms with van der Waals surface area (Å²) in [5.74, 6) is -0.561. The van der Waals surface area contributed by atoms with Gasteiger partial charge in [0.05, 0.1) is 17.8 Å². The number of rotatable bonds is 4. The van der Waals surface area contributed by atoms with Crippen molar-refractivity contribution in [1.29, 1.82) is 0 Å². The van der Waals surface area contributed by atoms with Gasteiger partial charge in [0.15, 0.2) is 5.17 Å². The zero-order valence-corrected chi connectivity index (χ0v) is 16.4. The van der Waals surface area contributed by atoms with Crippen molar-refractivity contribution in [2.75, 3.05) is 12.4 Å². The van der Waals surface area contributed by atoms with E-state index < -0.39 is 5.82 Å². The lowest BCUT2D eigenvalue weighted by molar-refractivity contribution is -0.117. The van der Waals surface area contributed by atoms with E-state index in [4.69, 9.17) is 4.99 Å². The van der Waals surface area contributed by atoms with Crippen LogP contribution in [0.25, 0.3) is 0 Å². The van der Waals surface area contributed by atoms with Crippen LogP contribution in [0.3, 0.4) is 0 Å². The number of amidine groups is 1. The third-order valence-corrected chi connectivity index (χ3v) is 6.58. The number of para-hydroxylation sites is 1. The Labute approximate surface area is 159 Å². The number of hydrogen-bond acceptors (Lipinski definition) is 3. The molecule has 2 aliphatic rings. The highest BCUT2D eigenvalue weighted by Gasteiger charge is 2.36. The number of benzene rings is 1. The van der Waals surface area contributed by atoms with Crippen molar-refractivity contribution in [2.24, 2.45) is 4.99 Å². The lowest BCUT2D eigenvalue weighted by Crippen LogP contribution is -2.36. The second kappa shape index (κ2) is 8.89. The molecule has 0 bridgehead atoms. The number of carbonyl (C=O) groups excluding carboxylic acids is 1. The van der Waals surface area contributed by atoms with Gasteiger partial charge < -0.3 is 10.2 Å². The maximum atomic E-state index is 13.7. The Morgan fingerprint density at radius 2 is 1.96 bits per heavy atom. The number of nitrogens with one attached hydrogen (secondary N) is 1. The average Bonchev–Trinajstić information content (AvgIpc) is 2.81. The highest BCUT2D eigenvalue weighted by atomic mass is 32.2. The molecule has 0 aromatic heterocycles. The first-order valence-corrected chi connectivity index (χ1v) is 10.4. The fraction of sp³-hybridized carbons (Fsp3) is 0.600. The van der Waals surface area contributed by atoms with Crippen molar-refractivity contribution in [3.05, 3.63) is 30.1 Å². The molecule has 4 nitrogen and oxygen atoms in total. The minimum Gasteiger partial charge on any atom is -0.350 e. The summed E-state index contributed by atoms with van der Waals surface area (Å²) < 4.78 is 13.7. The number of aliphatic imine (C=N–C) groups is 1. The molecule has 0 spiro atoms. The Hall–Kier alpha value is -1.56. The van der Waals surface area contributed by atoms with Gasteiger partial charge in [0.25, 0.3) is 0 Å². The molecule has 2 unspecified atom stereocenters. The highest BCUT2D eigenvalue weighted by molar-refractivity contribution is 8.14. The molecule has 0 radical (unpaired) electrons. The molecule has 2 fully saturated rings. The molecule has 1 aromatic rings. The van der Waals surface area contributed by atoms with E-state index in [9.17, 15) is 9.18 Å². The second-order valence-electron chi connectivity index (χ2n) is 7.29. The van der Waals surface area contributed by atoms with E-state index in [1.807, 2.05) is 7.05 Å². The summed E-state index contributed by atoms with van der Waals surface area (Å²) in [5.41, 5.74) is 0.241. The van der Waals surface area contributed by atoms with E-state index in [-0.39, 0.29) is 22.9 Å². The zero-order valence-electron chi connectivity index (χ0n) is 15.6. The van der Waals surface area contributed by atoms with E-state index >= 15 is 0 Å². The molecule has 1 saturated carbocycles. The summed E-state index contributed by atoms with van der Waals surface area (Å²) in [5, 5.41) is 4.03. The van der Waals surface area contributed by atoms with Gasteiger partial charge in [0.2, 0.25) is 5.91 Å². The maximum absolute atomic E-state index is 13.7. The Morgan fingerprint density at radius 3 is 2.65 bits per heavy atom. The van der Waals surface area contributed by atoms with Gasteiger partial charge in [-0.25, -0.2) is 4.39 Å². The molecule has 2 atom stereocenters. The number of anilines is 1. The van der Waals surface area contributed by atoms with Crippen LogP contribution in [0, 0.1) is 5.82 Å². The molecule has 3 rings (SSSR count). The summed E-state index contributed by atoms with van der Waals surface area (Å²) >= 11 is 1.76. The first-order valence-electron chi connectivity index (χ1n) is 9.56. The molecule has 6 heteroatoms. The van der Waals surface area contributed by atoms with Crippen molar-refractivity contribution in [3.8, 4) is 0 Å². The predicted molar refractivity (Wildman–Crippen MR) is 107 cm³/mol. The van der Waals surface area contributed by atoms with Gasteiger partial charge in [-0.05, 0) is 25.0 Å². The molecule has 1 heterocycles. The Morgan fingerprint density at radius 1 is 1.27 bits per heavy atom. The first-order chi connectivity index (χ1) is 12.5. The largest absolute Gasteiger partial charge is 0.350 e. The maximum Gasteiger partial charge on any atom is 0.226 e. The molecule has 1 saturated heterocycles. The number of hydrogen-bond donors (Lipinski definition) is 1. The van der Waals surface area contributed by atoms with Crippen LogP contribution in [0.5, 0.6) is 0 Å². The number of carbonyl (C=O) groups is 1. The smallest absolute Gasteiger partial charge is 0.226 e. The van der Waals surface area contributed by atoms with Crippen molar-refractivity contribution in [1.82, 2.24) is 4.90 Å². The quantitative estimate of drug-likeness (QED) is 0.776. The fourth-order valence-corrected chi connectivity index (χ4v) is 4.99. The Bertz CT molecular complexity index is 658. The average molecular weight is 378 g/mol. The van der Waals surface area contributed by atoms with Gasteiger partial charge in [0, 0.05) is 18.7 Å². The zero-order chi connectivity index (χ0) is 18.5. The Kier molecular flexibility index (Phi) is 6.57. The van der Waals surface area contributed by atoms with Crippen molar-refractivity contribution >= 4 is 28.5 Å². The van der Waals surface area contributed by atoms with Gasteiger partial charge in [-0.3, -0.25) is 9.79 Å². The minimum atomic E-state index is -0.404. The van der Waals surface area contributed by atoms with E-state index in [0.717, 1.165) is 5.17 Å². The van der Waals surface area contributed by atoms with Gasteiger partial charge in [-0.15, -0.1) is 0 Å². The summed E-state index contributed by atoms with van der Waals surface area (Å²) in [4.78, 5) is 19.5. The van der Waals surface area contributed by atoms with E-state index in [2.05, 4.69) is 17.1 Å². The number of amides is 1. The van der Waals surface area contributed by atoms with Crippen molar-refractivity contribution in [2.45, 2.75) is 69.2 Å². The van der Waals surface area contributed by atoms with Crippen LogP contribution in [0.4, 0.5) is 10.1 Å². The van der Waals surface area contributed by atoms with Crippen LogP contribution in [0.2, 0.25) is 0 Å². The fourth-order valence-electron chi connectivity index (χ4n) is 3.71. The minimum absolute atomic E-state index is 0.0799. The molecular formula is C20H28FN3OS. The molecule has 1 aliphatic heterocycles. The molecule has 1 N–H and O–H groups in total. The lowest BCUT2D eigenvalue weighted by atomic mass is 10.1. The summed E-state index contributed by atoms with van der Waals surface area (Å²) in [6, 6.07) is 6.77. The third kappa shape index (κ3) is 4.78. The SMILES string of the molecule is CC1SC(=NC2CCCCCC2)N(C)C1CC(=O)Nc1ccccc1F. The number of thioether (sulfide) groups is 1. The summed E-state index contributed by atoms with van der Waals surface area (Å²) in [7, 11) is 2.02. The van der Waals surface area contributed by atoms with Gasteiger partial charge in [-0.1, -0.05) is 56.5 Å². The predicted octanol–water partition coefficient (Wildman–Crippen LogP) is 4.67. The normalized spacial score (nSPS) is 26.1. The summed E-state index contributed by atoms with van der Waals surface area (Å²) in [6.07, 6.45) is 7.84. The number of nitrogens with zero attached hydrogens (tertiary/aromatic N) is 2. The van der Waals surface area contributed by atoms with Gasteiger partial charge >= 0.3 is 0 Å². The monoisotopic (exact) mass is 377 g/mol. The first kappa shape index (κ1) is 19.2. The van der Waals surface area contributed by atoms with Crippen molar-refractivity contribution < 1.29 is 9.18 Å². The lowest BCUT2D eigenvalue weighted by Gasteiger charge is -2.23. The van der Waals surface area contributed by atoms with Crippen molar-refractivity contribution in [3.63, 3.8) is 0 Å². The van der Waals surface area contributed by atoms with Crippen LogP contribution >= 0.6 is 11.8 Å². The van der Waals surface area contributed by atoms with Crippen LogP contribution in [0.1, 0.15) is 51.9 Å². The van der Waals surface area contributed by atoms with E-state index in [1.165, 1.54) is 44.6 Å². The molecule has 1 aromatic carbocycles. The second-order valence-corrected chi connectivity index (χ2v) is 8.63. The van der Waals surface area contributed by atoms with Crippen LogP contribution < -0.4 is 5.32 Å². The molecule has 142 valence electrons. The van der Waals surface area contributed by atoms with Gasteiger partial charge in [0.1, 0.15) is 5.82 Å². The van der Waals surface area contributed by atoms with E-state index in [0.29, 0.717) is 12.5 Å².